The summed E-state index contributed by atoms with van der Waals surface area (Å²) < 4.78 is 16.7. The van der Waals surface area contributed by atoms with Gasteiger partial charge in [-0.2, -0.15) is 0 Å². The number of ether oxygens (including phenoxy) is 3. The molecular weight excluding hydrogens is 244 g/mol. The van der Waals surface area contributed by atoms with Gasteiger partial charge in [0.05, 0.1) is 5.56 Å². The molecule has 2 rings (SSSR count). The van der Waals surface area contributed by atoms with Crippen molar-refractivity contribution in [1.29, 1.82) is 0 Å². The normalized spacial score (nSPS) is 16.3. The van der Waals surface area contributed by atoms with Gasteiger partial charge in [-0.1, -0.05) is 0 Å². The van der Waals surface area contributed by atoms with Crippen LogP contribution in [0.15, 0.2) is 12.1 Å². The van der Waals surface area contributed by atoms with Crippen molar-refractivity contribution in [3.05, 3.63) is 23.3 Å². The molecule has 1 heterocycles. The molecule has 19 heavy (non-hydrogen) atoms. The summed E-state index contributed by atoms with van der Waals surface area (Å²) in [7, 11) is 0. The minimum atomic E-state index is -0.695. The molecule has 0 bridgehead atoms. The highest BCUT2D eigenvalue weighted by Gasteiger charge is 2.34. The molecule has 0 aliphatic carbocycles. The SMILES string of the molecule is Cc1c(C(=O)OC(C)(C)C)ccc2c1OC(C)(C)O2. The van der Waals surface area contributed by atoms with E-state index >= 15 is 0 Å². The highest BCUT2D eigenvalue weighted by atomic mass is 16.7. The van der Waals surface area contributed by atoms with Gasteiger partial charge in [0.25, 0.3) is 0 Å². The molecule has 4 heteroatoms. The van der Waals surface area contributed by atoms with Crippen LogP contribution in [-0.4, -0.2) is 17.4 Å². The number of esters is 1. The van der Waals surface area contributed by atoms with Crippen LogP contribution in [0.3, 0.4) is 0 Å². The number of fused-ring (bicyclic) bond motifs is 1. The summed E-state index contributed by atoms with van der Waals surface area (Å²) in [5, 5.41) is 0. The molecule has 0 aromatic heterocycles. The largest absolute Gasteiger partial charge is 0.456 e. The molecule has 0 atom stereocenters. The third-order valence-corrected chi connectivity index (χ3v) is 2.69. The minimum absolute atomic E-state index is 0.346. The van der Waals surface area contributed by atoms with Gasteiger partial charge >= 0.3 is 5.97 Å². The summed E-state index contributed by atoms with van der Waals surface area (Å²) >= 11 is 0. The zero-order chi connectivity index (χ0) is 14.4. The van der Waals surface area contributed by atoms with Gasteiger partial charge in [-0.25, -0.2) is 4.79 Å². The lowest BCUT2D eigenvalue weighted by molar-refractivity contribution is -0.0435. The standard InChI is InChI=1S/C15H20O4/c1-9-10(13(16)19-14(2,3)4)7-8-11-12(9)18-15(5,6)17-11/h7-8H,1-6H3. The van der Waals surface area contributed by atoms with E-state index in [2.05, 4.69) is 0 Å². The van der Waals surface area contributed by atoms with Crippen LogP contribution in [0.25, 0.3) is 0 Å². The van der Waals surface area contributed by atoms with E-state index in [1.54, 1.807) is 12.1 Å². The first-order chi connectivity index (χ1) is 8.59. The van der Waals surface area contributed by atoms with E-state index in [-0.39, 0.29) is 5.97 Å². The van der Waals surface area contributed by atoms with Crippen molar-refractivity contribution in [2.24, 2.45) is 0 Å². The maximum atomic E-state index is 12.1. The van der Waals surface area contributed by atoms with Gasteiger partial charge in [-0.3, -0.25) is 0 Å². The second-order valence-corrected chi connectivity index (χ2v) is 6.17. The van der Waals surface area contributed by atoms with Crippen molar-refractivity contribution in [3.63, 3.8) is 0 Å². The van der Waals surface area contributed by atoms with Crippen LogP contribution in [0.4, 0.5) is 0 Å². The maximum absolute atomic E-state index is 12.1. The first kappa shape index (κ1) is 13.7. The Morgan fingerprint density at radius 3 is 2.42 bits per heavy atom. The zero-order valence-corrected chi connectivity index (χ0v) is 12.3. The third kappa shape index (κ3) is 2.83. The molecule has 0 saturated carbocycles. The van der Waals surface area contributed by atoms with Crippen molar-refractivity contribution < 1.29 is 19.0 Å². The van der Waals surface area contributed by atoms with E-state index in [0.717, 1.165) is 5.56 Å². The lowest BCUT2D eigenvalue weighted by Crippen LogP contribution is -2.29. The maximum Gasteiger partial charge on any atom is 0.339 e. The number of carbonyl (C=O) groups excluding carboxylic acids is 1. The summed E-state index contributed by atoms with van der Waals surface area (Å²) in [5.41, 5.74) is 0.742. The first-order valence-corrected chi connectivity index (χ1v) is 6.34. The molecule has 1 aromatic carbocycles. The Kier molecular flexibility index (Phi) is 3.00. The van der Waals surface area contributed by atoms with Gasteiger partial charge in [0.15, 0.2) is 11.5 Å². The molecule has 0 amide bonds. The van der Waals surface area contributed by atoms with Crippen LogP contribution < -0.4 is 9.47 Å². The number of hydrogen-bond acceptors (Lipinski definition) is 4. The van der Waals surface area contributed by atoms with E-state index in [1.165, 1.54) is 0 Å². The molecule has 0 saturated heterocycles. The number of carbonyl (C=O) groups is 1. The van der Waals surface area contributed by atoms with Crippen molar-refractivity contribution in [1.82, 2.24) is 0 Å². The zero-order valence-electron chi connectivity index (χ0n) is 12.3. The monoisotopic (exact) mass is 264 g/mol. The van der Waals surface area contributed by atoms with Crippen molar-refractivity contribution in [2.75, 3.05) is 0 Å². The van der Waals surface area contributed by atoms with Crippen LogP contribution in [0.2, 0.25) is 0 Å². The van der Waals surface area contributed by atoms with E-state index in [4.69, 9.17) is 14.2 Å². The van der Waals surface area contributed by atoms with Crippen LogP contribution in [0, 0.1) is 6.92 Å². The van der Waals surface area contributed by atoms with Crippen molar-refractivity contribution in [2.45, 2.75) is 52.9 Å². The fraction of sp³-hybridized carbons (Fsp3) is 0.533. The molecule has 4 nitrogen and oxygen atoms in total. The molecule has 104 valence electrons. The van der Waals surface area contributed by atoms with Gasteiger partial charge in [-0.15, -0.1) is 0 Å². The number of rotatable bonds is 1. The molecule has 0 spiro atoms. The third-order valence-electron chi connectivity index (χ3n) is 2.69. The molecule has 1 aliphatic rings. The van der Waals surface area contributed by atoms with Crippen molar-refractivity contribution in [3.8, 4) is 11.5 Å². The lowest BCUT2D eigenvalue weighted by atomic mass is 10.1. The topological polar surface area (TPSA) is 44.8 Å². The van der Waals surface area contributed by atoms with Crippen LogP contribution in [-0.2, 0) is 4.74 Å². The quantitative estimate of drug-likeness (QED) is 0.729. The minimum Gasteiger partial charge on any atom is -0.456 e. The van der Waals surface area contributed by atoms with Crippen LogP contribution in [0.5, 0.6) is 11.5 Å². The molecule has 0 fully saturated rings. The molecule has 0 radical (unpaired) electrons. The van der Waals surface area contributed by atoms with Gasteiger partial charge in [0.1, 0.15) is 5.60 Å². The van der Waals surface area contributed by atoms with E-state index < -0.39 is 11.4 Å². The predicted octanol–water partition coefficient (Wildman–Crippen LogP) is 3.46. The molecule has 1 aliphatic heterocycles. The Balaban J connectivity index is 2.34. The van der Waals surface area contributed by atoms with Gasteiger partial charge in [0.2, 0.25) is 5.79 Å². The smallest absolute Gasteiger partial charge is 0.339 e. The van der Waals surface area contributed by atoms with Crippen LogP contribution >= 0.6 is 0 Å². The summed E-state index contributed by atoms with van der Waals surface area (Å²) in [5.74, 6) is 0.240. The molecule has 0 N–H and O–H groups in total. The second kappa shape index (κ2) is 4.15. The van der Waals surface area contributed by atoms with E-state index in [9.17, 15) is 4.79 Å². The highest BCUT2D eigenvalue weighted by Crippen LogP contribution is 2.42. The van der Waals surface area contributed by atoms with Crippen LogP contribution in [0.1, 0.15) is 50.5 Å². The summed E-state index contributed by atoms with van der Waals surface area (Å²) in [6.45, 7) is 11.0. The van der Waals surface area contributed by atoms with E-state index in [1.807, 2.05) is 41.5 Å². The summed E-state index contributed by atoms with van der Waals surface area (Å²) in [6, 6.07) is 3.46. The Labute approximate surface area is 113 Å². The fourth-order valence-corrected chi connectivity index (χ4v) is 1.96. The first-order valence-electron chi connectivity index (χ1n) is 6.34. The Hall–Kier alpha value is -1.71. The Bertz CT molecular complexity index is 524. The Morgan fingerprint density at radius 2 is 1.84 bits per heavy atom. The lowest BCUT2D eigenvalue weighted by Gasteiger charge is -2.20. The molecule has 1 aromatic rings. The average Bonchev–Trinajstić information content (AvgIpc) is 2.51. The fourth-order valence-electron chi connectivity index (χ4n) is 1.96. The van der Waals surface area contributed by atoms with Gasteiger partial charge in [-0.05, 0) is 39.8 Å². The summed E-state index contributed by atoms with van der Waals surface area (Å²) in [6.07, 6.45) is 0. The highest BCUT2D eigenvalue weighted by molar-refractivity contribution is 5.92. The molecular formula is C15H20O4. The number of benzene rings is 1. The van der Waals surface area contributed by atoms with E-state index in [0.29, 0.717) is 17.1 Å². The predicted molar refractivity (Wildman–Crippen MR) is 71.7 cm³/mol. The number of hydrogen-bond donors (Lipinski definition) is 0. The summed E-state index contributed by atoms with van der Waals surface area (Å²) in [4.78, 5) is 12.1. The van der Waals surface area contributed by atoms with Crippen molar-refractivity contribution >= 4 is 5.97 Å². The Morgan fingerprint density at radius 1 is 1.21 bits per heavy atom. The second-order valence-electron chi connectivity index (χ2n) is 6.17. The molecule has 0 unspecified atom stereocenters. The van der Waals surface area contributed by atoms with Gasteiger partial charge in [0, 0.05) is 19.4 Å². The van der Waals surface area contributed by atoms with Gasteiger partial charge < -0.3 is 14.2 Å². The average molecular weight is 264 g/mol.